The van der Waals surface area contributed by atoms with Gasteiger partial charge in [-0.2, -0.15) is 5.26 Å². The lowest BCUT2D eigenvalue weighted by Crippen LogP contribution is -2.10. The SMILES string of the molecule is CCc1ccc(OCc2c(C#N)nnn2Cc2ccccc2)cc1. The molecule has 0 unspecified atom stereocenters. The van der Waals surface area contributed by atoms with Crippen LogP contribution in [0.25, 0.3) is 0 Å². The fraction of sp³-hybridized carbons (Fsp3) is 0.211. The second-order valence-corrected chi connectivity index (χ2v) is 5.43. The normalized spacial score (nSPS) is 10.3. The van der Waals surface area contributed by atoms with Gasteiger partial charge in [0.25, 0.3) is 0 Å². The predicted octanol–water partition coefficient (Wildman–Crippen LogP) is 3.34. The molecule has 0 aliphatic carbocycles. The van der Waals surface area contributed by atoms with Crippen molar-refractivity contribution in [2.24, 2.45) is 0 Å². The lowest BCUT2D eigenvalue weighted by atomic mass is 10.2. The van der Waals surface area contributed by atoms with Crippen LogP contribution in [0.5, 0.6) is 5.75 Å². The topological polar surface area (TPSA) is 63.7 Å². The highest BCUT2D eigenvalue weighted by Gasteiger charge is 2.13. The number of rotatable bonds is 6. The summed E-state index contributed by atoms with van der Waals surface area (Å²) >= 11 is 0. The molecule has 1 heterocycles. The fourth-order valence-corrected chi connectivity index (χ4v) is 2.42. The van der Waals surface area contributed by atoms with Crippen molar-refractivity contribution in [3.05, 3.63) is 77.1 Å². The Morgan fingerprint density at radius 2 is 1.79 bits per heavy atom. The molecule has 0 fully saturated rings. The summed E-state index contributed by atoms with van der Waals surface area (Å²) in [6.07, 6.45) is 0.993. The largest absolute Gasteiger partial charge is 0.487 e. The second kappa shape index (κ2) is 7.42. The van der Waals surface area contributed by atoms with Gasteiger partial charge in [-0.1, -0.05) is 54.6 Å². The molecule has 0 saturated carbocycles. The number of hydrogen-bond acceptors (Lipinski definition) is 4. The maximum absolute atomic E-state index is 9.24. The molecule has 3 rings (SSSR count). The van der Waals surface area contributed by atoms with Gasteiger partial charge in [0.2, 0.25) is 0 Å². The molecule has 5 heteroatoms. The molecule has 0 aliphatic rings. The van der Waals surface area contributed by atoms with Crippen LogP contribution >= 0.6 is 0 Å². The summed E-state index contributed by atoms with van der Waals surface area (Å²) in [5, 5.41) is 17.3. The standard InChI is InChI=1S/C19H18N4O/c1-2-15-8-10-17(11-9-15)24-14-19-18(12-20)21-22-23(19)13-16-6-4-3-5-7-16/h3-11H,2,13-14H2,1H3. The fourth-order valence-electron chi connectivity index (χ4n) is 2.42. The summed E-state index contributed by atoms with van der Waals surface area (Å²) in [4.78, 5) is 0. The molecule has 0 N–H and O–H groups in total. The van der Waals surface area contributed by atoms with Gasteiger partial charge in [0, 0.05) is 0 Å². The highest BCUT2D eigenvalue weighted by Crippen LogP contribution is 2.16. The Morgan fingerprint density at radius 3 is 2.46 bits per heavy atom. The van der Waals surface area contributed by atoms with Crippen molar-refractivity contribution in [1.29, 1.82) is 5.26 Å². The van der Waals surface area contributed by atoms with E-state index in [1.807, 2.05) is 54.6 Å². The molecular weight excluding hydrogens is 300 g/mol. The third-order valence-electron chi connectivity index (χ3n) is 3.83. The van der Waals surface area contributed by atoms with Crippen LogP contribution in [-0.4, -0.2) is 15.0 Å². The van der Waals surface area contributed by atoms with Crippen LogP contribution in [-0.2, 0) is 19.6 Å². The molecule has 2 aromatic carbocycles. The van der Waals surface area contributed by atoms with E-state index >= 15 is 0 Å². The zero-order valence-corrected chi connectivity index (χ0v) is 13.5. The average Bonchev–Trinajstić information content (AvgIpc) is 3.03. The van der Waals surface area contributed by atoms with Crippen molar-refractivity contribution >= 4 is 0 Å². The van der Waals surface area contributed by atoms with E-state index in [2.05, 4.69) is 23.3 Å². The van der Waals surface area contributed by atoms with Crippen molar-refractivity contribution in [3.63, 3.8) is 0 Å². The lowest BCUT2D eigenvalue weighted by molar-refractivity contribution is 0.292. The third-order valence-corrected chi connectivity index (χ3v) is 3.83. The molecule has 0 atom stereocenters. The first kappa shape index (κ1) is 15.8. The Kier molecular flexibility index (Phi) is 4.87. The number of benzene rings is 2. The molecule has 0 spiro atoms. The number of ether oxygens (including phenoxy) is 1. The van der Waals surface area contributed by atoms with E-state index < -0.39 is 0 Å². The molecule has 3 aromatic rings. The summed E-state index contributed by atoms with van der Waals surface area (Å²) in [6.45, 7) is 2.93. The van der Waals surface area contributed by atoms with Crippen LogP contribution in [0.2, 0.25) is 0 Å². The lowest BCUT2D eigenvalue weighted by Gasteiger charge is -2.09. The molecule has 0 bridgehead atoms. The highest BCUT2D eigenvalue weighted by molar-refractivity contribution is 5.29. The number of aromatic nitrogens is 3. The quantitative estimate of drug-likeness (QED) is 0.699. The first-order valence-electron chi connectivity index (χ1n) is 7.88. The van der Waals surface area contributed by atoms with Gasteiger partial charge in [-0.25, -0.2) is 4.68 Å². The summed E-state index contributed by atoms with van der Waals surface area (Å²) in [7, 11) is 0. The molecule has 0 amide bonds. The summed E-state index contributed by atoms with van der Waals surface area (Å²) in [6, 6.07) is 20.0. The zero-order chi connectivity index (χ0) is 16.8. The number of hydrogen-bond donors (Lipinski definition) is 0. The maximum Gasteiger partial charge on any atom is 0.189 e. The first-order valence-corrected chi connectivity index (χ1v) is 7.88. The molecule has 0 aliphatic heterocycles. The van der Waals surface area contributed by atoms with E-state index in [4.69, 9.17) is 4.74 Å². The van der Waals surface area contributed by atoms with Gasteiger partial charge in [-0.15, -0.1) is 5.10 Å². The van der Waals surface area contributed by atoms with Gasteiger partial charge < -0.3 is 4.74 Å². The molecule has 0 radical (unpaired) electrons. The van der Waals surface area contributed by atoms with Crippen LogP contribution in [0.3, 0.4) is 0 Å². The number of nitrogens with zero attached hydrogens (tertiary/aromatic N) is 4. The molecule has 0 saturated heterocycles. The summed E-state index contributed by atoms with van der Waals surface area (Å²) in [5.74, 6) is 0.767. The predicted molar refractivity (Wildman–Crippen MR) is 90.4 cm³/mol. The Bertz CT molecular complexity index is 832. The van der Waals surface area contributed by atoms with Gasteiger partial charge in [0.05, 0.1) is 6.54 Å². The highest BCUT2D eigenvalue weighted by atomic mass is 16.5. The molecule has 120 valence electrons. The van der Waals surface area contributed by atoms with E-state index in [0.29, 0.717) is 17.9 Å². The molecule has 5 nitrogen and oxygen atoms in total. The minimum Gasteiger partial charge on any atom is -0.487 e. The van der Waals surface area contributed by atoms with Crippen molar-refractivity contribution in [1.82, 2.24) is 15.0 Å². The van der Waals surface area contributed by atoms with Gasteiger partial charge in [-0.05, 0) is 29.7 Å². The smallest absolute Gasteiger partial charge is 0.189 e. The minimum absolute atomic E-state index is 0.258. The van der Waals surface area contributed by atoms with Crippen LogP contribution in [0, 0.1) is 11.3 Å². The number of aryl methyl sites for hydroxylation is 1. The monoisotopic (exact) mass is 318 g/mol. The van der Waals surface area contributed by atoms with Crippen molar-refractivity contribution in [3.8, 4) is 11.8 Å². The van der Waals surface area contributed by atoms with Gasteiger partial charge in [-0.3, -0.25) is 0 Å². The Morgan fingerprint density at radius 1 is 1.04 bits per heavy atom. The Hall–Kier alpha value is -3.13. The van der Waals surface area contributed by atoms with E-state index in [1.54, 1.807) is 4.68 Å². The van der Waals surface area contributed by atoms with Crippen LogP contribution < -0.4 is 4.74 Å². The summed E-state index contributed by atoms with van der Waals surface area (Å²) < 4.78 is 7.54. The second-order valence-electron chi connectivity index (χ2n) is 5.43. The zero-order valence-electron chi connectivity index (χ0n) is 13.5. The Balaban J connectivity index is 1.76. The summed E-state index contributed by atoms with van der Waals surface area (Å²) in [5.41, 5.74) is 3.34. The van der Waals surface area contributed by atoms with E-state index in [1.165, 1.54) is 5.56 Å². The molecular formula is C19H18N4O. The molecule has 1 aromatic heterocycles. The number of nitriles is 1. The minimum atomic E-state index is 0.258. The third kappa shape index (κ3) is 3.61. The molecule has 24 heavy (non-hydrogen) atoms. The Labute approximate surface area is 141 Å². The van der Waals surface area contributed by atoms with Crippen molar-refractivity contribution in [2.45, 2.75) is 26.5 Å². The van der Waals surface area contributed by atoms with Crippen LogP contribution in [0.1, 0.15) is 29.4 Å². The maximum atomic E-state index is 9.24. The van der Waals surface area contributed by atoms with Gasteiger partial charge in [0.1, 0.15) is 24.1 Å². The van der Waals surface area contributed by atoms with Gasteiger partial charge in [0.15, 0.2) is 5.69 Å². The van der Waals surface area contributed by atoms with E-state index in [-0.39, 0.29) is 6.61 Å². The first-order chi connectivity index (χ1) is 11.8. The van der Waals surface area contributed by atoms with Crippen molar-refractivity contribution in [2.75, 3.05) is 0 Å². The van der Waals surface area contributed by atoms with Crippen LogP contribution in [0.15, 0.2) is 54.6 Å². The van der Waals surface area contributed by atoms with E-state index in [0.717, 1.165) is 17.7 Å². The van der Waals surface area contributed by atoms with Gasteiger partial charge >= 0.3 is 0 Å². The van der Waals surface area contributed by atoms with E-state index in [9.17, 15) is 5.26 Å². The van der Waals surface area contributed by atoms with Crippen LogP contribution in [0.4, 0.5) is 0 Å². The average molecular weight is 318 g/mol. The van der Waals surface area contributed by atoms with Crippen molar-refractivity contribution < 1.29 is 4.74 Å².